The third kappa shape index (κ3) is 4.96. The molecule has 160 valence electrons. The summed E-state index contributed by atoms with van der Waals surface area (Å²) in [5.41, 5.74) is 1.12. The monoisotopic (exact) mass is 431 g/mol. The first kappa shape index (κ1) is 20.7. The molecule has 0 amide bonds. The van der Waals surface area contributed by atoms with E-state index in [1.54, 1.807) is 11.3 Å². The zero-order valence-corrected chi connectivity index (χ0v) is 17.3. The molecule has 8 nitrogen and oxygen atoms in total. The minimum Gasteiger partial charge on any atom is -0.481 e. The van der Waals surface area contributed by atoms with Gasteiger partial charge in [0.2, 0.25) is 0 Å². The molecule has 4 aliphatic rings. The van der Waals surface area contributed by atoms with Crippen molar-refractivity contribution in [3.8, 4) is 15.8 Å². The van der Waals surface area contributed by atoms with Crippen molar-refractivity contribution in [3.05, 3.63) is 30.3 Å². The summed E-state index contributed by atoms with van der Waals surface area (Å²) in [6.07, 6.45) is 2.43. The van der Waals surface area contributed by atoms with Crippen LogP contribution in [0, 0.1) is 17.8 Å². The SMILES string of the molecule is O=C(O)CCC(=O)O.c1ccc(-c2nnc(OC3C4CC5CC3CN(C5)C4)s2)cc1. The predicted octanol–water partition coefficient (Wildman–Crippen LogP) is 2.86. The number of ether oxygens (including phenoxy) is 1. The molecule has 2 N–H and O–H groups in total. The lowest BCUT2D eigenvalue weighted by atomic mass is 9.66. The Morgan fingerprint density at radius 2 is 1.63 bits per heavy atom. The summed E-state index contributed by atoms with van der Waals surface area (Å²) in [6.45, 7) is 3.74. The highest BCUT2D eigenvalue weighted by Crippen LogP contribution is 2.45. The molecule has 6 rings (SSSR count). The summed E-state index contributed by atoms with van der Waals surface area (Å²) in [5, 5.41) is 26.1. The number of piperidine rings is 3. The molecule has 30 heavy (non-hydrogen) atoms. The van der Waals surface area contributed by atoms with E-state index in [1.807, 2.05) is 18.2 Å². The van der Waals surface area contributed by atoms with Crippen molar-refractivity contribution in [2.75, 3.05) is 19.6 Å². The summed E-state index contributed by atoms with van der Waals surface area (Å²) < 4.78 is 6.31. The van der Waals surface area contributed by atoms with Crippen LogP contribution >= 0.6 is 11.3 Å². The first-order chi connectivity index (χ1) is 14.5. The number of benzene rings is 1. The van der Waals surface area contributed by atoms with E-state index in [2.05, 4.69) is 27.2 Å². The number of aromatic nitrogens is 2. The minimum atomic E-state index is -1.08. The first-order valence-electron chi connectivity index (χ1n) is 10.2. The topological polar surface area (TPSA) is 113 Å². The fraction of sp³-hybridized carbons (Fsp3) is 0.524. The van der Waals surface area contributed by atoms with Gasteiger partial charge < -0.3 is 19.8 Å². The molecular formula is C21H25N3O5S. The van der Waals surface area contributed by atoms with Crippen molar-refractivity contribution in [3.63, 3.8) is 0 Å². The van der Waals surface area contributed by atoms with Crippen LogP contribution in [-0.4, -0.2) is 63.0 Å². The quantitative estimate of drug-likeness (QED) is 0.718. The highest BCUT2D eigenvalue weighted by atomic mass is 32.1. The predicted molar refractivity (Wildman–Crippen MR) is 110 cm³/mol. The largest absolute Gasteiger partial charge is 0.481 e. The third-order valence-electron chi connectivity index (χ3n) is 5.92. The van der Waals surface area contributed by atoms with Crippen LogP contribution in [0.4, 0.5) is 0 Å². The Kier molecular flexibility index (Phi) is 6.29. The number of aliphatic carboxylic acids is 2. The van der Waals surface area contributed by atoms with Crippen molar-refractivity contribution in [2.24, 2.45) is 17.8 Å². The van der Waals surface area contributed by atoms with Crippen LogP contribution in [-0.2, 0) is 9.59 Å². The maximum atomic E-state index is 9.64. The number of carboxylic acid groups (broad SMARTS) is 2. The van der Waals surface area contributed by atoms with Crippen LogP contribution in [0.2, 0.25) is 0 Å². The van der Waals surface area contributed by atoms with Crippen molar-refractivity contribution in [2.45, 2.75) is 31.8 Å². The van der Waals surface area contributed by atoms with Gasteiger partial charge in [0.05, 0.1) is 12.8 Å². The van der Waals surface area contributed by atoms with Crippen molar-refractivity contribution in [1.29, 1.82) is 0 Å². The molecule has 3 aliphatic heterocycles. The molecule has 4 bridgehead atoms. The number of carbonyl (C=O) groups is 2. The van der Waals surface area contributed by atoms with Gasteiger partial charge in [-0.3, -0.25) is 9.59 Å². The molecule has 9 heteroatoms. The van der Waals surface area contributed by atoms with E-state index in [0.717, 1.165) is 21.7 Å². The lowest BCUT2D eigenvalue weighted by Crippen LogP contribution is -2.61. The van der Waals surface area contributed by atoms with E-state index in [-0.39, 0.29) is 12.8 Å². The van der Waals surface area contributed by atoms with Gasteiger partial charge in [-0.1, -0.05) is 46.8 Å². The zero-order chi connectivity index (χ0) is 21.1. The van der Waals surface area contributed by atoms with Crippen LogP contribution in [0.5, 0.6) is 5.19 Å². The smallest absolute Gasteiger partial charge is 0.303 e. The fourth-order valence-corrected chi connectivity index (χ4v) is 5.58. The second kappa shape index (κ2) is 9.09. The summed E-state index contributed by atoms with van der Waals surface area (Å²) in [4.78, 5) is 21.9. The molecule has 4 fully saturated rings. The molecule has 0 radical (unpaired) electrons. The standard InChI is InChI=1S/C17H19N3OS.C4H6O4/c1-2-4-12(5-3-1)16-18-19-17(22-16)21-15-13-6-11-7-14(15)10-20(8-11)9-13;5-3(6)1-2-4(7)8/h1-5,11,13-15H,6-10H2;1-2H2,(H,5,6)(H,7,8). The van der Waals surface area contributed by atoms with Gasteiger partial charge in [-0.25, -0.2) is 0 Å². The van der Waals surface area contributed by atoms with Gasteiger partial charge in [-0.15, -0.1) is 5.10 Å². The molecule has 1 aliphatic carbocycles. The lowest BCUT2D eigenvalue weighted by molar-refractivity contribution is -0.143. The molecule has 4 heterocycles. The Hall–Kier alpha value is -2.52. The Balaban J connectivity index is 0.000000235. The maximum Gasteiger partial charge on any atom is 0.303 e. The van der Waals surface area contributed by atoms with E-state index in [1.165, 1.54) is 32.5 Å². The molecule has 0 spiro atoms. The van der Waals surface area contributed by atoms with E-state index in [9.17, 15) is 9.59 Å². The van der Waals surface area contributed by atoms with E-state index < -0.39 is 11.9 Å². The Labute approximate surface area is 178 Å². The third-order valence-corrected chi connectivity index (χ3v) is 6.78. The van der Waals surface area contributed by atoms with Crippen LogP contribution in [0.15, 0.2) is 30.3 Å². The molecule has 3 saturated heterocycles. The fourth-order valence-electron chi connectivity index (χ4n) is 4.84. The minimum absolute atomic E-state index is 0.296. The average molecular weight is 432 g/mol. The van der Waals surface area contributed by atoms with E-state index in [4.69, 9.17) is 14.9 Å². The van der Waals surface area contributed by atoms with Gasteiger partial charge in [-0.05, 0) is 18.8 Å². The Morgan fingerprint density at radius 3 is 2.20 bits per heavy atom. The van der Waals surface area contributed by atoms with Gasteiger partial charge in [0, 0.05) is 37.0 Å². The summed E-state index contributed by atoms with van der Waals surface area (Å²) in [5.74, 6) is 0.136. The maximum absolute atomic E-state index is 9.64. The highest BCUT2D eigenvalue weighted by molar-refractivity contribution is 7.16. The number of hydrogen-bond donors (Lipinski definition) is 2. The summed E-state index contributed by atoms with van der Waals surface area (Å²) in [6, 6.07) is 10.2. The highest BCUT2D eigenvalue weighted by Gasteiger charge is 2.49. The first-order valence-corrected chi connectivity index (χ1v) is 11.0. The van der Waals surface area contributed by atoms with Gasteiger partial charge in [0.1, 0.15) is 6.10 Å². The second-order valence-electron chi connectivity index (χ2n) is 8.19. The number of hydrogen-bond acceptors (Lipinski definition) is 7. The van der Waals surface area contributed by atoms with Crippen LogP contribution < -0.4 is 4.74 Å². The summed E-state index contributed by atoms with van der Waals surface area (Å²) >= 11 is 1.57. The van der Waals surface area contributed by atoms with Gasteiger partial charge in [-0.2, -0.15) is 0 Å². The Morgan fingerprint density at radius 1 is 1.00 bits per heavy atom. The van der Waals surface area contributed by atoms with Crippen LogP contribution in [0.1, 0.15) is 25.7 Å². The second-order valence-corrected chi connectivity index (χ2v) is 9.13. The van der Waals surface area contributed by atoms with Crippen LogP contribution in [0.25, 0.3) is 10.6 Å². The van der Waals surface area contributed by atoms with Crippen molar-refractivity contribution >= 4 is 23.3 Å². The van der Waals surface area contributed by atoms with Gasteiger partial charge >= 0.3 is 11.9 Å². The van der Waals surface area contributed by atoms with E-state index in [0.29, 0.717) is 17.9 Å². The molecule has 1 saturated carbocycles. The van der Waals surface area contributed by atoms with Crippen LogP contribution in [0.3, 0.4) is 0 Å². The molecular weight excluding hydrogens is 406 g/mol. The normalized spacial score (nSPS) is 28.5. The number of carboxylic acids is 2. The number of nitrogens with zero attached hydrogens (tertiary/aromatic N) is 3. The van der Waals surface area contributed by atoms with Gasteiger partial charge in [0.25, 0.3) is 5.19 Å². The summed E-state index contributed by atoms with van der Waals surface area (Å²) in [7, 11) is 0. The van der Waals surface area contributed by atoms with Crippen molar-refractivity contribution < 1.29 is 24.5 Å². The molecule has 2 atom stereocenters. The molecule has 2 aromatic rings. The average Bonchev–Trinajstić information content (AvgIpc) is 3.18. The number of rotatable bonds is 6. The molecule has 1 aromatic carbocycles. The van der Waals surface area contributed by atoms with Gasteiger partial charge in [0.15, 0.2) is 5.01 Å². The molecule has 1 aromatic heterocycles. The Bertz CT molecular complexity index is 846. The lowest BCUT2D eigenvalue weighted by Gasteiger charge is -2.54. The zero-order valence-electron chi connectivity index (χ0n) is 16.5. The van der Waals surface area contributed by atoms with E-state index >= 15 is 0 Å². The molecule has 2 unspecified atom stereocenters. The van der Waals surface area contributed by atoms with Crippen molar-refractivity contribution in [1.82, 2.24) is 15.1 Å².